The van der Waals surface area contributed by atoms with E-state index in [1.807, 2.05) is 0 Å². The number of primary amides is 2. The van der Waals surface area contributed by atoms with Crippen molar-refractivity contribution in [1.82, 2.24) is 4.98 Å². The first-order valence-electron chi connectivity index (χ1n) is 8.70. The molecule has 1 aromatic heterocycles. The maximum absolute atomic E-state index is 13.1. The molecule has 1 heterocycles. The average molecular weight is 460 g/mol. The molecule has 10 nitrogen and oxygen atoms in total. The van der Waals surface area contributed by atoms with Crippen LogP contribution in [-0.2, 0) is 14.8 Å². The normalized spacial score (nSPS) is 11.0. The fourth-order valence-electron chi connectivity index (χ4n) is 2.63. The number of thiazole rings is 1. The molecule has 0 aliphatic carbocycles. The number of carbonyl (C=O) groups is 3. The van der Waals surface area contributed by atoms with Gasteiger partial charge in [0.25, 0.3) is 10.0 Å². The van der Waals surface area contributed by atoms with Gasteiger partial charge in [-0.05, 0) is 30.3 Å². The number of carbonyl (C=O) groups excluding carboxylic acids is 3. The zero-order valence-electron chi connectivity index (χ0n) is 15.9. The molecule has 0 aliphatic rings. The number of nitrogens with zero attached hydrogens (tertiary/aromatic N) is 2. The molecule has 0 spiro atoms. The number of nitrogens with one attached hydrogen (secondary N) is 1. The monoisotopic (exact) mass is 459 g/mol. The summed E-state index contributed by atoms with van der Waals surface area (Å²) in [6.07, 6.45) is 1.42. The number of sulfonamides is 1. The predicted molar refractivity (Wildman–Crippen MR) is 115 cm³/mol. The summed E-state index contributed by atoms with van der Waals surface area (Å²) in [7, 11) is -4.08. The lowest BCUT2D eigenvalue weighted by atomic mass is 10.1. The largest absolute Gasteiger partial charge is 0.366 e. The molecule has 160 valence electrons. The molecule has 0 radical (unpaired) electrons. The van der Waals surface area contributed by atoms with E-state index in [4.69, 9.17) is 11.5 Å². The van der Waals surface area contributed by atoms with Crippen molar-refractivity contribution >= 4 is 49.9 Å². The zero-order chi connectivity index (χ0) is 22.6. The number of rotatable bonds is 8. The minimum atomic E-state index is -4.08. The standard InChI is InChI=1S/C19H17N5O5S2/c20-17(26)12-8-13(18(21)27)10-14(9-12)23-16(25)11-24(19-22-6-7-30-19)31(28,29)15-4-2-1-3-5-15/h1-10H,11H2,(H2,20,26)(H2,21,27)(H,23,25). The van der Waals surface area contributed by atoms with E-state index in [9.17, 15) is 22.8 Å². The van der Waals surface area contributed by atoms with Gasteiger partial charge in [0.2, 0.25) is 17.7 Å². The molecular weight excluding hydrogens is 442 g/mol. The number of nitrogens with two attached hydrogens (primary N) is 2. The van der Waals surface area contributed by atoms with Crippen LogP contribution >= 0.6 is 11.3 Å². The fourth-order valence-corrected chi connectivity index (χ4v) is 4.90. The Kier molecular flexibility index (Phi) is 6.32. The molecule has 0 atom stereocenters. The molecule has 0 saturated heterocycles. The van der Waals surface area contributed by atoms with Crippen LogP contribution in [-0.4, -0.2) is 37.7 Å². The average Bonchev–Trinajstić information content (AvgIpc) is 3.26. The highest BCUT2D eigenvalue weighted by atomic mass is 32.2. The highest BCUT2D eigenvalue weighted by Crippen LogP contribution is 2.25. The molecule has 0 fully saturated rings. The first kappa shape index (κ1) is 21.9. The van der Waals surface area contributed by atoms with E-state index in [0.717, 1.165) is 15.6 Å². The SMILES string of the molecule is NC(=O)c1cc(NC(=O)CN(c2nccs2)S(=O)(=O)c2ccccc2)cc(C(N)=O)c1. The summed E-state index contributed by atoms with van der Waals surface area (Å²) in [5.41, 5.74) is 10.5. The summed E-state index contributed by atoms with van der Waals surface area (Å²) in [5.74, 6) is -2.38. The summed E-state index contributed by atoms with van der Waals surface area (Å²) in [6.45, 7) is -0.600. The smallest absolute Gasteiger partial charge is 0.266 e. The Morgan fingerprint density at radius 3 is 2.13 bits per heavy atom. The maximum atomic E-state index is 13.1. The Bertz CT molecular complexity index is 1200. The molecule has 3 aromatic rings. The van der Waals surface area contributed by atoms with Gasteiger partial charge in [-0.1, -0.05) is 18.2 Å². The van der Waals surface area contributed by atoms with Crippen LogP contribution < -0.4 is 21.1 Å². The third kappa shape index (κ3) is 5.05. The molecule has 31 heavy (non-hydrogen) atoms. The van der Waals surface area contributed by atoms with E-state index in [1.165, 1.54) is 36.5 Å². The Morgan fingerprint density at radius 2 is 1.61 bits per heavy atom. The van der Waals surface area contributed by atoms with Crippen molar-refractivity contribution in [2.45, 2.75) is 4.90 Å². The van der Waals surface area contributed by atoms with Gasteiger partial charge in [-0.15, -0.1) is 11.3 Å². The van der Waals surface area contributed by atoms with Crippen LogP contribution in [0.5, 0.6) is 0 Å². The number of amides is 3. The molecule has 12 heteroatoms. The van der Waals surface area contributed by atoms with Gasteiger partial charge in [0, 0.05) is 28.4 Å². The topological polar surface area (TPSA) is 166 Å². The van der Waals surface area contributed by atoms with E-state index < -0.39 is 34.3 Å². The van der Waals surface area contributed by atoms with Crippen LogP contribution in [0.25, 0.3) is 0 Å². The van der Waals surface area contributed by atoms with E-state index >= 15 is 0 Å². The second kappa shape index (κ2) is 8.93. The maximum Gasteiger partial charge on any atom is 0.266 e. The molecule has 0 aliphatic heterocycles. The van der Waals surface area contributed by atoms with Crippen LogP contribution in [0.2, 0.25) is 0 Å². The van der Waals surface area contributed by atoms with Gasteiger partial charge in [0.05, 0.1) is 4.90 Å². The van der Waals surface area contributed by atoms with Gasteiger partial charge in [0.15, 0.2) is 5.13 Å². The molecule has 3 amide bonds. The molecule has 0 saturated carbocycles. The van der Waals surface area contributed by atoms with Crippen molar-refractivity contribution < 1.29 is 22.8 Å². The summed E-state index contributed by atoms with van der Waals surface area (Å²) < 4.78 is 27.1. The number of benzene rings is 2. The predicted octanol–water partition coefficient (Wildman–Crippen LogP) is 1.17. The highest BCUT2D eigenvalue weighted by molar-refractivity contribution is 7.93. The summed E-state index contributed by atoms with van der Waals surface area (Å²) in [6, 6.07) is 11.3. The highest BCUT2D eigenvalue weighted by Gasteiger charge is 2.29. The first-order valence-corrected chi connectivity index (χ1v) is 11.0. The summed E-state index contributed by atoms with van der Waals surface area (Å²) >= 11 is 1.05. The van der Waals surface area contributed by atoms with Crippen LogP contribution in [0.3, 0.4) is 0 Å². The number of hydrogen-bond acceptors (Lipinski definition) is 7. The summed E-state index contributed by atoms with van der Waals surface area (Å²) in [5, 5.41) is 4.14. The van der Waals surface area contributed by atoms with Crippen molar-refractivity contribution in [3.8, 4) is 0 Å². The Labute approximate surface area is 181 Å². The first-order chi connectivity index (χ1) is 14.7. The molecular formula is C19H17N5O5S2. The van der Waals surface area contributed by atoms with Crippen LogP contribution in [0.1, 0.15) is 20.7 Å². The van der Waals surface area contributed by atoms with E-state index in [-0.39, 0.29) is 26.8 Å². The van der Waals surface area contributed by atoms with E-state index in [2.05, 4.69) is 10.3 Å². The minimum Gasteiger partial charge on any atom is -0.366 e. The molecule has 2 aromatic carbocycles. The number of anilines is 2. The van der Waals surface area contributed by atoms with E-state index in [0.29, 0.717) is 0 Å². The Hall–Kier alpha value is -3.77. The summed E-state index contributed by atoms with van der Waals surface area (Å²) in [4.78, 5) is 39.7. The third-order valence-corrected chi connectivity index (χ3v) is 6.70. The van der Waals surface area contributed by atoms with Crippen molar-refractivity contribution in [2.75, 3.05) is 16.2 Å². The van der Waals surface area contributed by atoms with E-state index in [1.54, 1.807) is 23.6 Å². The Morgan fingerprint density at radius 1 is 1.00 bits per heavy atom. The second-order valence-corrected chi connectivity index (χ2v) is 8.95. The molecule has 3 rings (SSSR count). The van der Waals surface area contributed by atoms with Gasteiger partial charge in [0.1, 0.15) is 6.54 Å². The molecule has 0 bridgehead atoms. The van der Waals surface area contributed by atoms with Crippen LogP contribution in [0.4, 0.5) is 10.8 Å². The van der Waals surface area contributed by atoms with Crippen molar-refractivity contribution in [3.63, 3.8) is 0 Å². The van der Waals surface area contributed by atoms with Gasteiger partial charge in [-0.25, -0.2) is 17.7 Å². The molecule has 0 unspecified atom stereocenters. The lowest BCUT2D eigenvalue weighted by Crippen LogP contribution is -2.38. The fraction of sp³-hybridized carbons (Fsp3) is 0.0526. The van der Waals surface area contributed by atoms with Crippen molar-refractivity contribution in [2.24, 2.45) is 11.5 Å². The lowest BCUT2D eigenvalue weighted by molar-refractivity contribution is -0.114. The minimum absolute atomic E-state index is 0.00950. The van der Waals surface area contributed by atoms with Crippen molar-refractivity contribution in [3.05, 3.63) is 71.2 Å². The second-order valence-electron chi connectivity index (χ2n) is 6.22. The van der Waals surface area contributed by atoms with Crippen molar-refractivity contribution in [1.29, 1.82) is 0 Å². The number of hydrogen-bond donors (Lipinski definition) is 3. The lowest BCUT2D eigenvalue weighted by Gasteiger charge is -2.21. The van der Waals surface area contributed by atoms with Gasteiger partial charge >= 0.3 is 0 Å². The van der Waals surface area contributed by atoms with Gasteiger partial charge in [-0.2, -0.15) is 0 Å². The molecule has 5 N–H and O–H groups in total. The quantitative estimate of drug-likeness (QED) is 0.457. The Balaban J connectivity index is 1.91. The van der Waals surface area contributed by atoms with Gasteiger partial charge < -0.3 is 16.8 Å². The van der Waals surface area contributed by atoms with Crippen LogP contribution in [0, 0.1) is 0 Å². The van der Waals surface area contributed by atoms with Crippen LogP contribution in [0.15, 0.2) is 65.0 Å². The third-order valence-electron chi connectivity index (χ3n) is 4.04. The zero-order valence-corrected chi connectivity index (χ0v) is 17.5. The van der Waals surface area contributed by atoms with Gasteiger partial charge in [-0.3, -0.25) is 14.4 Å². The number of aromatic nitrogens is 1.